The predicted octanol–water partition coefficient (Wildman–Crippen LogP) is 1.39. The van der Waals surface area contributed by atoms with Crippen molar-refractivity contribution in [1.82, 2.24) is 5.32 Å². The third-order valence-corrected chi connectivity index (χ3v) is 1.57. The fraction of sp³-hybridized carbons (Fsp3) is 0.556. The molecule has 0 amide bonds. The second kappa shape index (κ2) is 4.83. The Morgan fingerprint density at radius 2 is 2.42 bits per heavy atom. The molecular formula is C9H15NO2. The van der Waals surface area contributed by atoms with Crippen LogP contribution in [0, 0.1) is 0 Å². The second-order valence-electron chi connectivity index (χ2n) is 2.56. The molecule has 1 atom stereocenters. The maximum Gasteiger partial charge on any atom is 0.185 e. The molecule has 0 saturated carbocycles. The van der Waals surface area contributed by atoms with Gasteiger partial charge in [-0.2, -0.15) is 0 Å². The number of rotatable bonds is 4. The fourth-order valence-electron chi connectivity index (χ4n) is 0.983. The first kappa shape index (κ1) is 9.13. The average molecular weight is 169 g/mol. The quantitative estimate of drug-likeness (QED) is 0.689. The van der Waals surface area contributed by atoms with E-state index in [9.17, 15) is 0 Å². The SMILES string of the molecule is CCCOC1=CC=CNC1OC. The van der Waals surface area contributed by atoms with Crippen LogP contribution in [-0.4, -0.2) is 19.9 Å². The van der Waals surface area contributed by atoms with Crippen LogP contribution in [0.2, 0.25) is 0 Å². The van der Waals surface area contributed by atoms with Gasteiger partial charge in [0.25, 0.3) is 0 Å². The molecule has 0 aliphatic carbocycles. The van der Waals surface area contributed by atoms with Crippen molar-refractivity contribution in [2.45, 2.75) is 19.6 Å². The van der Waals surface area contributed by atoms with Crippen molar-refractivity contribution in [1.29, 1.82) is 0 Å². The number of hydrogen-bond donors (Lipinski definition) is 1. The standard InChI is InChI=1S/C9H15NO2/c1-3-7-12-8-5-4-6-10-9(8)11-2/h4-6,9-10H,3,7H2,1-2H3. The maximum absolute atomic E-state index is 5.46. The van der Waals surface area contributed by atoms with E-state index in [1.54, 1.807) is 7.11 Å². The molecule has 3 nitrogen and oxygen atoms in total. The zero-order chi connectivity index (χ0) is 8.81. The van der Waals surface area contributed by atoms with Crippen LogP contribution in [0.25, 0.3) is 0 Å². The predicted molar refractivity (Wildman–Crippen MR) is 47.4 cm³/mol. The molecule has 1 aliphatic rings. The van der Waals surface area contributed by atoms with Crippen LogP contribution in [0.3, 0.4) is 0 Å². The number of hydrogen-bond acceptors (Lipinski definition) is 3. The molecule has 1 rings (SSSR count). The van der Waals surface area contributed by atoms with Gasteiger partial charge in [0.2, 0.25) is 0 Å². The molecule has 0 bridgehead atoms. The molecule has 1 heterocycles. The average Bonchev–Trinajstić information content (AvgIpc) is 2.15. The van der Waals surface area contributed by atoms with E-state index in [1.807, 2.05) is 18.4 Å². The maximum atomic E-state index is 5.46. The Morgan fingerprint density at radius 3 is 3.08 bits per heavy atom. The Kier molecular flexibility index (Phi) is 3.67. The second-order valence-corrected chi connectivity index (χ2v) is 2.56. The van der Waals surface area contributed by atoms with E-state index in [1.165, 1.54) is 0 Å². The Hall–Kier alpha value is -0.960. The van der Waals surface area contributed by atoms with Gasteiger partial charge in [-0.1, -0.05) is 6.92 Å². The molecule has 1 N–H and O–H groups in total. The number of dihydropyridines is 1. The Bertz CT molecular complexity index is 187. The summed E-state index contributed by atoms with van der Waals surface area (Å²) in [7, 11) is 1.65. The van der Waals surface area contributed by atoms with Gasteiger partial charge in [-0.3, -0.25) is 0 Å². The summed E-state index contributed by atoms with van der Waals surface area (Å²) >= 11 is 0. The summed E-state index contributed by atoms with van der Waals surface area (Å²) in [6.45, 7) is 2.82. The molecule has 0 aromatic carbocycles. The van der Waals surface area contributed by atoms with Crippen molar-refractivity contribution < 1.29 is 9.47 Å². The van der Waals surface area contributed by atoms with E-state index in [2.05, 4.69) is 12.2 Å². The molecule has 1 unspecified atom stereocenters. The molecule has 0 radical (unpaired) electrons. The van der Waals surface area contributed by atoms with Crippen molar-refractivity contribution in [3.63, 3.8) is 0 Å². The van der Waals surface area contributed by atoms with E-state index in [0.717, 1.165) is 18.8 Å². The van der Waals surface area contributed by atoms with E-state index in [4.69, 9.17) is 9.47 Å². The first-order valence-corrected chi connectivity index (χ1v) is 4.17. The number of nitrogens with one attached hydrogen (secondary N) is 1. The Balaban J connectivity index is 2.45. The van der Waals surface area contributed by atoms with Crippen LogP contribution < -0.4 is 5.32 Å². The van der Waals surface area contributed by atoms with Gasteiger partial charge < -0.3 is 14.8 Å². The van der Waals surface area contributed by atoms with Crippen LogP contribution in [-0.2, 0) is 9.47 Å². The lowest BCUT2D eigenvalue weighted by atomic mass is 10.3. The molecule has 0 fully saturated rings. The van der Waals surface area contributed by atoms with Crippen molar-refractivity contribution in [2.24, 2.45) is 0 Å². The van der Waals surface area contributed by atoms with Crippen LogP contribution in [0.1, 0.15) is 13.3 Å². The van der Waals surface area contributed by atoms with Gasteiger partial charge in [-0.05, 0) is 24.8 Å². The zero-order valence-corrected chi connectivity index (χ0v) is 7.54. The molecule has 12 heavy (non-hydrogen) atoms. The van der Waals surface area contributed by atoms with Crippen molar-refractivity contribution in [2.75, 3.05) is 13.7 Å². The third kappa shape index (κ3) is 2.27. The van der Waals surface area contributed by atoms with Crippen LogP contribution >= 0.6 is 0 Å². The number of ether oxygens (including phenoxy) is 2. The van der Waals surface area contributed by atoms with Gasteiger partial charge in [0, 0.05) is 7.11 Å². The van der Waals surface area contributed by atoms with Crippen LogP contribution in [0.15, 0.2) is 24.1 Å². The first-order valence-electron chi connectivity index (χ1n) is 4.17. The number of allylic oxidation sites excluding steroid dienone is 2. The van der Waals surface area contributed by atoms with Gasteiger partial charge in [0.15, 0.2) is 6.23 Å². The topological polar surface area (TPSA) is 30.5 Å². The highest BCUT2D eigenvalue weighted by atomic mass is 16.5. The highest BCUT2D eigenvalue weighted by molar-refractivity contribution is 5.15. The fourth-order valence-corrected chi connectivity index (χ4v) is 0.983. The summed E-state index contributed by atoms with van der Waals surface area (Å²) in [5.74, 6) is 0.849. The lowest BCUT2D eigenvalue weighted by Gasteiger charge is -2.21. The molecular weight excluding hydrogens is 154 g/mol. The van der Waals surface area contributed by atoms with Crippen LogP contribution in [0.4, 0.5) is 0 Å². The highest BCUT2D eigenvalue weighted by Gasteiger charge is 2.13. The Labute approximate surface area is 73.1 Å². The van der Waals surface area contributed by atoms with Gasteiger partial charge in [-0.15, -0.1) is 0 Å². The summed E-state index contributed by atoms with van der Waals surface area (Å²) < 4.78 is 10.6. The smallest absolute Gasteiger partial charge is 0.185 e. The third-order valence-electron chi connectivity index (χ3n) is 1.57. The van der Waals surface area contributed by atoms with Crippen molar-refractivity contribution in [3.8, 4) is 0 Å². The van der Waals surface area contributed by atoms with Crippen molar-refractivity contribution in [3.05, 3.63) is 24.1 Å². The minimum absolute atomic E-state index is 0.124. The zero-order valence-electron chi connectivity index (χ0n) is 7.54. The molecule has 3 heteroatoms. The van der Waals surface area contributed by atoms with Crippen molar-refractivity contribution >= 4 is 0 Å². The molecule has 0 spiro atoms. The Morgan fingerprint density at radius 1 is 1.58 bits per heavy atom. The minimum atomic E-state index is -0.124. The molecule has 0 aromatic heterocycles. The summed E-state index contributed by atoms with van der Waals surface area (Å²) in [6, 6.07) is 0. The lowest BCUT2D eigenvalue weighted by Crippen LogP contribution is -2.31. The van der Waals surface area contributed by atoms with Gasteiger partial charge in [0.05, 0.1) is 6.61 Å². The normalized spacial score (nSPS) is 21.5. The lowest BCUT2D eigenvalue weighted by molar-refractivity contribution is 0.0490. The summed E-state index contributed by atoms with van der Waals surface area (Å²) in [5, 5.41) is 3.03. The van der Waals surface area contributed by atoms with E-state index in [-0.39, 0.29) is 6.23 Å². The molecule has 0 saturated heterocycles. The van der Waals surface area contributed by atoms with Crippen LogP contribution in [0.5, 0.6) is 0 Å². The molecule has 68 valence electrons. The summed E-state index contributed by atoms with van der Waals surface area (Å²) in [4.78, 5) is 0. The van der Waals surface area contributed by atoms with E-state index < -0.39 is 0 Å². The largest absolute Gasteiger partial charge is 0.493 e. The highest BCUT2D eigenvalue weighted by Crippen LogP contribution is 2.09. The molecule has 0 aromatic rings. The van der Waals surface area contributed by atoms with E-state index in [0.29, 0.717) is 0 Å². The van der Waals surface area contributed by atoms with E-state index >= 15 is 0 Å². The first-order chi connectivity index (χ1) is 5.88. The molecule has 1 aliphatic heterocycles. The van der Waals surface area contributed by atoms with Gasteiger partial charge in [0.1, 0.15) is 5.76 Å². The number of methoxy groups -OCH3 is 1. The summed E-state index contributed by atoms with van der Waals surface area (Å²) in [6.07, 6.45) is 6.55. The minimum Gasteiger partial charge on any atom is -0.493 e. The summed E-state index contributed by atoms with van der Waals surface area (Å²) in [5.41, 5.74) is 0. The monoisotopic (exact) mass is 169 g/mol. The van der Waals surface area contributed by atoms with Gasteiger partial charge in [-0.25, -0.2) is 0 Å². The van der Waals surface area contributed by atoms with Gasteiger partial charge >= 0.3 is 0 Å².